The van der Waals surface area contributed by atoms with Crippen LogP contribution in [-0.2, 0) is 7.05 Å². The molecule has 1 saturated heterocycles. The van der Waals surface area contributed by atoms with Gasteiger partial charge >= 0.3 is 5.69 Å². The summed E-state index contributed by atoms with van der Waals surface area (Å²) in [5.74, 6) is 1.12. The van der Waals surface area contributed by atoms with Crippen LogP contribution in [0.1, 0.15) is 66.7 Å². The fourth-order valence-electron chi connectivity index (χ4n) is 4.22. The predicted octanol–water partition coefficient (Wildman–Crippen LogP) is 2.78. The van der Waals surface area contributed by atoms with E-state index >= 15 is 0 Å². The van der Waals surface area contributed by atoms with Crippen LogP contribution in [-0.4, -0.2) is 38.2 Å². The van der Waals surface area contributed by atoms with E-state index in [0.717, 1.165) is 43.6 Å². The number of rotatable bonds is 3. The molecule has 0 aromatic carbocycles. The van der Waals surface area contributed by atoms with Gasteiger partial charge < -0.3 is 4.90 Å². The summed E-state index contributed by atoms with van der Waals surface area (Å²) in [5.41, 5.74) is 0.753. The third-order valence-electron chi connectivity index (χ3n) is 5.51. The number of carbonyl (C=O) groups is 1. The lowest BCUT2D eigenvalue weighted by atomic mass is 9.96. The summed E-state index contributed by atoms with van der Waals surface area (Å²) in [6, 6.07) is 2.16. The molecule has 0 radical (unpaired) electrons. The van der Waals surface area contributed by atoms with Crippen molar-refractivity contribution in [1.82, 2.24) is 19.2 Å². The van der Waals surface area contributed by atoms with Gasteiger partial charge in [-0.15, -0.1) is 0 Å². The van der Waals surface area contributed by atoms with E-state index in [4.69, 9.17) is 0 Å². The molecule has 25 heavy (non-hydrogen) atoms. The Morgan fingerprint density at radius 2 is 2.04 bits per heavy atom. The molecule has 1 amide bonds. The highest BCUT2D eigenvalue weighted by molar-refractivity contribution is 7.08. The van der Waals surface area contributed by atoms with E-state index in [1.807, 2.05) is 26.3 Å². The number of hydrogen-bond donors (Lipinski definition) is 0. The standard InChI is InChI=1S/C18H24N4O2S/c1-20-18(24)22(15-6-2-3-7-15)16(19-20)13-5-4-9-21(11-13)17(23)14-8-10-25-12-14/h8,10,12-13,15H,2-7,9,11H2,1H3. The molecule has 2 aliphatic rings. The zero-order valence-electron chi connectivity index (χ0n) is 14.6. The van der Waals surface area contributed by atoms with Crippen LogP contribution in [0.25, 0.3) is 0 Å². The molecule has 134 valence electrons. The second-order valence-electron chi connectivity index (χ2n) is 7.18. The number of aryl methyl sites for hydroxylation is 1. The van der Waals surface area contributed by atoms with Crippen molar-refractivity contribution in [3.05, 3.63) is 38.7 Å². The maximum Gasteiger partial charge on any atom is 0.345 e. The largest absolute Gasteiger partial charge is 0.345 e. The fourth-order valence-corrected chi connectivity index (χ4v) is 4.85. The Morgan fingerprint density at radius 3 is 2.76 bits per heavy atom. The number of nitrogens with zero attached hydrogens (tertiary/aromatic N) is 4. The number of amides is 1. The SMILES string of the molecule is Cn1nc(C2CCCN(C(=O)c3ccsc3)C2)n(C2CCCC2)c1=O. The Kier molecular flexibility index (Phi) is 4.50. The smallest absolute Gasteiger partial charge is 0.338 e. The molecular weight excluding hydrogens is 336 g/mol. The van der Waals surface area contributed by atoms with Crippen molar-refractivity contribution in [2.45, 2.75) is 50.5 Å². The predicted molar refractivity (Wildman–Crippen MR) is 97.2 cm³/mol. The normalized spacial score (nSPS) is 21.8. The van der Waals surface area contributed by atoms with Gasteiger partial charge in [0.2, 0.25) is 0 Å². The van der Waals surface area contributed by atoms with Gasteiger partial charge in [0.25, 0.3) is 5.91 Å². The van der Waals surface area contributed by atoms with E-state index in [2.05, 4.69) is 5.10 Å². The average Bonchev–Trinajstić information content (AvgIpc) is 3.37. The van der Waals surface area contributed by atoms with Crippen molar-refractivity contribution < 1.29 is 4.79 Å². The number of carbonyl (C=O) groups excluding carboxylic acids is 1. The lowest BCUT2D eigenvalue weighted by Gasteiger charge is -2.32. The summed E-state index contributed by atoms with van der Waals surface area (Å²) in [4.78, 5) is 27.2. The monoisotopic (exact) mass is 360 g/mol. The second-order valence-corrected chi connectivity index (χ2v) is 7.96. The van der Waals surface area contributed by atoms with Gasteiger partial charge in [0, 0.05) is 37.5 Å². The van der Waals surface area contributed by atoms with Crippen molar-refractivity contribution in [3.8, 4) is 0 Å². The molecule has 0 spiro atoms. The molecule has 1 aliphatic carbocycles. The van der Waals surface area contributed by atoms with Crippen molar-refractivity contribution in [2.75, 3.05) is 13.1 Å². The Balaban J connectivity index is 1.60. The molecule has 4 rings (SSSR count). The number of piperidine rings is 1. The van der Waals surface area contributed by atoms with E-state index in [-0.39, 0.29) is 23.6 Å². The summed E-state index contributed by atoms with van der Waals surface area (Å²) in [6.45, 7) is 1.43. The van der Waals surface area contributed by atoms with Gasteiger partial charge in [-0.2, -0.15) is 16.4 Å². The molecule has 1 unspecified atom stereocenters. The topological polar surface area (TPSA) is 60.1 Å². The van der Waals surface area contributed by atoms with Crippen LogP contribution < -0.4 is 5.69 Å². The van der Waals surface area contributed by atoms with Crippen LogP contribution in [0.4, 0.5) is 0 Å². The summed E-state index contributed by atoms with van der Waals surface area (Å²) >= 11 is 1.55. The molecule has 2 fully saturated rings. The number of aromatic nitrogens is 3. The van der Waals surface area contributed by atoms with Gasteiger partial charge in [-0.05, 0) is 37.1 Å². The minimum atomic E-state index is -0.0109. The first kappa shape index (κ1) is 16.6. The summed E-state index contributed by atoms with van der Waals surface area (Å²) in [5, 5.41) is 8.41. The highest BCUT2D eigenvalue weighted by Crippen LogP contribution is 2.33. The molecule has 2 aromatic rings. The molecule has 0 N–H and O–H groups in total. The summed E-state index contributed by atoms with van der Waals surface area (Å²) in [7, 11) is 1.73. The Morgan fingerprint density at radius 1 is 1.24 bits per heavy atom. The molecule has 1 aliphatic heterocycles. The fraction of sp³-hybridized carbons (Fsp3) is 0.611. The zero-order chi connectivity index (χ0) is 17.4. The van der Waals surface area contributed by atoms with E-state index in [0.29, 0.717) is 6.54 Å². The second kappa shape index (κ2) is 6.78. The molecule has 1 atom stereocenters. The minimum absolute atomic E-state index is 0.0109. The minimum Gasteiger partial charge on any atom is -0.338 e. The molecular formula is C18H24N4O2S. The van der Waals surface area contributed by atoms with E-state index < -0.39 is 0 Å². The lowest BCUT2D eigenvalue weighted by Crippen LogP contribution is -2.40. The summed E-state index contributed by atoms with van der Waals surface area (Å²) in [6.07, 6.45) is 6.41. The maximum atomic E-state index is 12.7. The van der Waals surface area contributed by atoms with E-state index in [1.54, 1.807) is 18.4 Å². The first-order chi connectivity index (χ1) is 12.1. The van der Waals surface area contributed by atoms with Gasteiger partial charge in [-0.1, -0.05) is 12.8 Å². The Hall–Kier alpha value is -1.89. The molecule has 1 saturated carbocycles. The van der Waals surface area contributed by atoms with Crippen molar-refractivity contribution in [2.24, 2.45) is 7.05 Å². The maximum absolute atomic E-state index is 12.7. The van der Waals surface area contributed by atoms with Gasteiger partial charge in [0.15, 0.2) is 0 Å². The molecule has 6 nitrogen and oxygen atoms in total. The summed E-state index contributed by atoms with van der Waals surface area (Å²) < 4.78 is 3.39. The number of likely N-dealkylation sites (tertiary alicyclic amines) is 1. The van der Waals surface area contributed by atoms with Crippen LogP contribution in [0.3, 0.4) is 0 Å². The quantitative estimate of drug-likeness (QED) is 0.846. The molecule has 2 aromatic heterocycles. The first-order valence-corrected chi connectivity index (χ1v) is 10.1. The van der Waals surface area contributed by atoms with Gasteiger partial charge in [-0.3, -0.25) is 9.36 Å². The molecule has 7 heteroatoms. The Labute approximate surface area is 151 Å². The van der Waals surface area contributed by atoms with Gasteiger partial charge in [0.05, 0.1) is 5.56 Å². The van der Waals surface area contributed by atoms with Gasteiger partial charge in [-0.25, -0.2) is 9.48 Å². The van der Waals surface area contributed by atoms with Crippen molar-refractivity contribution >= 4 is 17.2 Å². The van der Waals surface area contributed by atoms with Gasteiger partial charge in [0.1, 0.15) is 5.82 Å². The van der Waals surface area contributed by atoms with Crippen LogP contribution >= 0.6 is 11.3 Å². The average molecular weight is 360 g/mol. The highest BCUT2D eigenvalue weighted by Gasteiger charge is 2.32. The Bertz CT molecular complexity index is 802. The van der Waals surface area contributed by atoms with Crippen molar-refractivity contribution in [3.63, 3.8) is 0 Å². The van der Waals surface area contributed by atoms with Crippen LogP contribution in [0, 0.1) is 0 Å². The number of hydrogen-bond acceptors (Lipinski definition) is 4. The van der Waals surface area contributed by atoms with E-state index in [1.165, 1.54) is 17.5 Å². The van der Waals surface area contributed by atoms with Crippen molar-refractivity contribution in [1.29, 1.82) is 0 Å². The lowest BCUT2D eigenvalue weighted by molar-refractivity contribution is 0.0703. The third kappa shape index (κ3) is 3.05. The van der Waals surface area contributed by atoms with Crippen LogP contribution in [0.2, 0.25) is 0 Å². The molecule has 0 bridgehead atoms. The first-order valence-electron chi connectivity index (χ1n) is 9.12. The number of thiophene rings is 1. The third-order valence-corrected chi connectivity index (χ3v) is 6.20. The van der Waals surface area contributed by atoms with Crippen LogP contribution in [0.15, 0.2) is 21.6 Å². The van der Waals surface area contributed by atoms with Crippen LogP contribution in [0.5, 0.6) is 0 Å². The highest BCUT2D eigenvalue weighted by atomic mass is 32.1. The zero-order valence-corrected chi connectivity index (χ0v) is 15.4. The molecule has 3 heterocycles. The van der Waals surface area contributed by atoms with E-state index in [9.17, 15) is 9.59 Å².